The molecule has 1 aliphatic rings. The molecule has 3 rings (SSSR count). The van der Waals surface area contributed by atoms with Gasteiger partial charge >= 0.3 is 0 Å². The number of nitrogens with one attached hydrogen (secondary N) is 2. The first-order valence-electron chi connectivity index (χ1n) is 10.0. The van der Waals surface area contributed by atoms with Gasteiger partial charge in [-0.1, -0.05) is 6.07 Å². The lowest BCUT2D eigenvalue weighted by Gasteiger charge is -2.21. The first kappa shape index (κ1) is 21.7. The number of hydrogen-bond donors (Lipinski definition) is 2. The Balaban J connectivity index is 1.55. The molecule has 2 aromatic carbocycles. The van der Waals surface area contributed by atoms with Crippen molar-refractivity contribution in [2.45, 2.75) is 25.9 Å². The Morgan fingerprint density at radius 3 is 2.73 bits per heavy atom. The largest absolute Gasteiger partial charge is 0.493 e. The fraction of sp³-hybridized carbons (Fsp3) is 0.409. The Labute approximate surface area is 175 Å². The molecule has 1 atom stereocenters. The maximum absolute atomic E-state index is 14.0. The number of aliphatic imine (C=N–C) groups is 1. The van der Waals surface area contributed by atoms with Gasteiger partial charge < -0.3 is 25.0 Å². The number of methoxy groups -OCH3 is 1. The van der Waals surface area contributed by atoms with E-state index in [1.165, 1.54) is 12.1 Å². The van der Waals surface area contributed by atoms with E-state index < -0.39 is 11.6 Å². The Kier molecular flexibility index (Phi) is 7.32. The first-order valence-corrected chi connectivity index (χ1v) is 10.0. The monoisotopic (exact) mass is 418 g/mol. The van der Waals surface area contributed by atoms with E-state index in [1.54, 1.807) is 14.2 Å². The van der Waals surface area contributed by atoms with Gasteiger partial charge in [0.05, 0.1) is 19.4 Å². The zero-order valence-corrected chi connectivity index (χ0v) is 17.5. The van der Waals surface area contributed by atoms with Crippen LogP contribution in [0.3, 0.4) is 0 Å². The van der Waals surface area contributed by atoms with E-state index in [9.17, 15) is 8.78 Å². The van der Waals surface area contributed by atoms with Crippen molar-refractivity contribution >= 4 is 11.6 Å². The molecular formula is C22H28F2N4O2. The molecule has 0 bridgehead atoms. The number of halogens is 2. The molecule has 0 saturated carbocycles. The lowest BCUT2D eigenvalue weighted by atomic mass is 10.2. The third kappa shape index (κ3) is 5.31. The van der Waals surface area contributed by atoms with Crippen molar-refractivity contribution in [3.63, 3.8) is 0 Å². The summed E-state index contributed by atoms with van der Waals surface area (Å²) in [7, 11) is 3.33. The smallest absolute Gasteiger partial charge is 0.191 e. The zero-order chi connectivity index (χ0) is 21.5. The van der Waals surface area contributed by atoms with Crippen LogP contribution in [0.5, 0.6) is 11.5 Å². The van der Waals surface area contributed by atoms with Crippen LogP contribution in [-0.2, 0) is 6.54 Å². The van der Waals surface area contributed by atoms with Crippen LogP contribution in [0.1, 0.15) is 18.9 Å². The highest BCUT2D eigenvalue weighted by molar-refractivity contribution is 5.80. The van der Waals surface area contributed by atoms with Crippen LogP contribution < -0.4 is 25.0 Å². The molecule has 0 aliphatic carbocycles. The van der Waals surface area contributed by atoms with Gasteiger partial charge in [-0.2, -0.15) is 0 Å². The van der Waals surface area contributed by atoms with Gasteiger partial charge in [-0.15, -0.1) is 0 Å². The molecule has 1 aliphatic heterocycles. The Hall–Kier alpha value is -3.03. The molecular weight excluding hydrogens is 390 g/mol. The van der Waals surface area contributed by atoms with E-state index in [0.717, 1.165) is 18.1 Å². The summed E-state index contributed by atoms with van der Waals surface area (Å²) >= 11 is 0. The molecule has 6 nitrogen and oxygen atoms in total. The predicted molar refractivity (Wildman–Crippen MR) is 114 cm³/mol. The predicted octanol–water partition coefficient (Wildman–Crippen LogP) is 3.32. The third-order valence-electron chi connectivity index (χ3n) is 4.99. The molecule has 0 radical (unpaired) electrons. The highest BCUT2D eigenvalue weighted by Gasteiger charge is 2.25. The molecule has 2 aromatic rings. The van der Waals surface area contributed by atoms with Crippen LogP contribution in [0, 0.1) is 11.6 Å². The fourth-order valence-electron chi connectivity index (χ4n) is 3.51. The van der Waals surface area contributed by atoms with E-state index in [1.807, 2.05) is 30.0 Å². The molecule has 1 heterocycles. The summed E-state index contributed by atoms with van der Waals surface area (Å²) in [5.74, 6) is 0.953. The number of anilines is 1. The van der Waals surface area contributed by atoms with Gasteiger partial charge in [0.25, 0.3) is 0 Å². The summed E-state index contributed by atoms with van der Waals surface area (Å²) in [4.78, 5) is 6.19. The maximum Gasteiger partial charge on any atom is 0.191 e. The molecule has 0 spiro atoms. The lowest BCUT2D eigenvalue weighted by Crippen LogP contribution is -2.44. The SMILES string of the molecule is CCOc1ccc(CNC(=NC)NC2CCN(c3ccc(F)cc3F)C2)cc1OC. The Morgan fingerprint density at radius 2 is 2.03 bits per heavy atom. The highest BCUT2D eigenvalue weighted by Crippen LogP contribution is 2.28. The molecule has 1 fully saturated rings. The maximum atomic E-state index is 14.0. The van der Waals surface area contributed by atoms with E-state index in [-0.39, 0.29) is 6.04 Å². The van der Waals surface area contributed by atoms with E-state index in [4.69, 9.17) is 9.47 Å². The lowest BCUT2D eigenvalue weighted by molar-refractivity contribution is 0.310. The molecule has 2 N–H and O–H groups in total. The van der Waals surface area contributed by atoms with Crippen LogP contribution in [-0.4, -0.2) is 45.9 Å². The van der Waals surface area contributed by atoms with Crippen molar-refractivity contribution in [2.75, 3.05) is 38.8 Å². The Morgan fingerprint density at radius 1 is 1.20 bits per heavy atom. The van der Waals surface area contributed by atoms with Gasteiger partial charge in [0.15, 0.2) is 17.5 Å². The minimum absolute atomic E-state index is 0.107. The van der Waals surface area contributed by atoms with E-state index in [2.05, 4.69) is 15.6 Å². The number of benzene rings is 2. The molecule has 0 amide bonds. The first-order chi connectivity index (χ1) is 14.5. The number of rotatable bonds is 7. The number of guanidine groups is 1. The molecule has 8 heteroatoms. The molecule has 30 heavy (non-hydrogen) atoms. The van der Waals surface area contributed by atoms with Crippen molar-refractivity contribution in [2.24, 2.45) is 4.99 Å². The van der Waals surface area contributed by atoms with Crippen molar-refractivity contribution in [1.82, 2.24) is 10.6 Å². The van der Waals surface area contributed by atoms with Crippen LogP contribution in [0.25, 0.3) is 0 Å². The second-order valence-corrected chi connectivity index (χ2v) is 7.02. The fourth-order valence-corrected chi connectivity index (χ4v) is 3.51. The average Bonchev–Trinajstić information content (AvgIpc) is 3.20. The normalized spacial score (nSPS) is 16.5. The van der Waals surface area contributed by atoms with Gasteiger partial charge in [0, 0.05) is 38.8 Å². The molecule has 0 aromatic heterocycles. The van der Waals surface area contributed by atoms with Crippen molar-refractivity contribution in [3.8, 4) is 11.5 Å². The summed E-state index contributed by atoms with van der Waals surface area (Å²) in [5, 5.41) is 6.66. The van der Waals surface area contributed by atoms with Gasteiger partial charge in [-0.3, -0.25) is 4.99 Å². The summed E-state index contributed by atoms with van der Waals surface area (Å²) in [6, 6.07) is 9.59. The van der Waals surface area contributed by atoms with Gasteiger partial charge in [-0.05, 0) is 43.2 Å². The zero-order valence-electron chi connectivity index (χ0n) is 17.5. The number of ether oxygens (including phenoxy) is 2. The van der Waals surface area contributed by atoms with E-state index >= 15 is 0 Å². The van der Waals surface area contributed by atoms with Crippen molar-refractivity contribution in [3.05, 3.63) is 53.6 Å². The van der Waals surface area contributed by atoms with Crippen LogP contribution >= 0.6 is 0 Å². The number of nitrogens with zero attached hydrogens (tertiary/aromatic N) is 2. The van der Waals surface area contributed by atoms with Gasteiger partial charge in [0.1, 0.15) is 11.6 Å². The molecule has 162 valence electrons. The van der Waals surface area contributed by atoms with Crippen molar-refractivity contribution < 1.29 is 18.3 Å². The van der Waals surface area contributed by atoms with Crippen LogP contribution in [0.4, 0.5) is 14.5 Å². The van der Waals surface area contributed by atoms with Crippen molar-refractivity contribution in [1.29, 1.82) is 0 Å². The molecule has 1 unspecified atom stereocenters. The average molecular weight is 418 g/mol. The minimum atomic E-state index is -0.569. The summed E-state index contributed by atoms with van der Waals surface area (Å²) in [6.45, 7) is 4.36. The summed E-state index contributed by atoms with van der Waals surface area (Å²) in [6.07, 6.45) is 0.828. The van der Waals surface area contributed by atoms with E-state index in [0.29, 0.717) is 49.4 Å². The highest BCUT2D eigenvalue weighted by atomic mass is 19.1. The van der Waals surface area contributed by atoms with Crippen LogP contribution in [0.15, 0.2) is 41.4 Å². The summed E-state index contributed by atoms with van der Waals surface area (Å²) < 4.78 is 38.1. The topological polar surface area (TPSA) is 58.1 Å². The van der Waals surface area contributed by atoms with Gasteiger partial charge in [0.2, 0.25) is 0 Å². The second-order valence-electron chi connectivity index (χ2n) is 7.02. The second kappa shape index (κ2) is 10.1. The quantitative estimate of drug-likeness (QED) is 0.534. The summed E-state index contributed by atoms with van der Waals surface area (Å²) in [5.41, 5.74) is 1.45. The Bertz CT molecular complexity index is 891. The van der Waals surface area contributed by atoms with Gasteiger partial charge in [-0.25, -0.2) is 8.78 Å². The standard InChI is InChI=1S/C22H28F2N4O2/c1-4-30-20-8-5-15(11-21(20)29-3)13-26-22(25-2)27-17-9-10-28(14-17)19-7-6-16(23)12-18(19)24/h5-8,11-12,17H,4,9-10,13-14H2,1-3H3,(H2,25,26,27). The minimum Gasteiger partial charge on any atom is -0.493 e. The molecule has 1 saturated heterocycles. The number of hydrogen-bond acceptors (Lipinski definition) is 4. The third-order valence-corrected chi connectivity index (χ3v) is 4.99. The van der Waals surface area contributed by atoms with Crippen LogP contribution in [0.2, 0.25) is 0 Å².